The summed E-state index contributed by atoms with van der Waals surface area (Å²) in [7, 11) is 1.62. The SMILES string of the molecule is C=C(CCCNC1(c2ccccc2)c2ccccc2-c2ccccc21)OCOC. The van der Waals surface area contributed by atoms with E-state index in [9.17, 15) is 0 Å². The molecule has 1 N–H and O–H groups in total. The standard InChI is InChI=1S/C26H27NO2/c1-20(29-19-28-2)11-10-18-27-26(21-12-4-3-5-13-21)24-16-8-6-14-22(24)23-15-7-9-17-25(23)26/h3-9,12-17,27H,1,10-11,18-19H2,2H3. The summed E-state index contributed by atoms with van der Waals surface area (Å²) in [5.41, 5.74) is 6.11. The molecule has 29 heavy (non-hydrogen) atoms. The maximum absolute atomic E-state index is 5.44. The monoisotopic (exact) mass is 385 g/mol. The van der Waals surface area contributed by atoms with Crippen LogP contribution in [0.5, 0.6) is 0 Å². The van der Waals surface area contributed by atoms with E-state index in [1.807, 2.05) is 0 Å². The van der Waals surface area contributed by atoms with Gasteiger partial charge in [0.05, 0.1) is 11.3 Å². The van der Waals surface area contributed by atoms with Gasteiger partial charge in [-0.15, -0.1) is 0 Å². The van der Waals surface area contributed by atoms with Gasteiger partial charge in [-0.05, 0) is 40.8 Å². The number of ether oxygens (including phenoxy) is 2. The molecule has 0 fully saturated rings. The lowest BCUT2D eigenvalue weighted by Crippen LogP contribution is -2.43. The van der Waals surface area contributed by atoms with Crippen molar-refractivity contribution in [2.75, 3.05) is 20.4 Å². The molecule has 0 aromatic heterocycles. The van der Waals surface area contributed by atoms with Gasteiger partial charge in [-0.3, -0.25) is 5.32 Å². The highest BCUT2D eigenvalue weighted by Gasteiger charge is 2.43. The van der Waals surface area contributed by atoms with Crippen molar-refractivity contribution in [3.63, 3.8) is 0 Å². The van der Waals surface area contributed by atoms with Crippen molar-refractivity contribution < 1.29 is 9.47 Å². The van der Waals surface area contributed by atoms with Crippen LogP contribution in [0.1, 0.15) is 29.5 Å². The highest BCUT2D eigenvalue weighted by Crippen LogP contribution is 2.50. The Morgan fingerprint density at radius 2 is 1.45 bits per heavy atom. The first-order chi connectivity index (χ1) is 14.3. The molecule has 1 aliphatic carbocycles. The van der Waals surface area contributed by atoms with Crippen molar-refractivity contribution in [2.24, 2.45) is 0 Å². The molecule has 0 heterocycles. The van der Waals surface area contributed by atoms with Gasteiger partial charge < -0.3 is 9.47 Å². The fraction of sp³-hybridized carbons (Fsp3) is 0.231. The number of fused-ring (bicyclic) bond motifs is 3. The first-order valence-electron chi connectivity index (χ1n) is 10.1. The quantitative estimate of drug-likeness (QED) is 0.301. The van der Waals surface area contributed by atoms with Gasteiger partial charge in [0.1, 0.15) is 0 Å². The average Bonchev–Trinajstić information content (AvgIpc) is 3.07. The number of methoxy groups -OCH3 is 1. The molecule has 0 saturated heterocycles. The second-order valence-corrected chi connectivity index (χ2v) is 7.33. The van der Waals surface area contributed by atoms with Crippen molar-refractivity contribution in [2.45, 2.75) is 18.4 Å². The second-order valence-electron chi connectivity index (χ2n) is 7.33. The first-order valence-corrected chi connectivity index (χ1v) is 10.1. The van der Waals surface area contributed by atoms with Crippen LogP contribution < -0.4 is 5.32 Å². The van der Waals surface area contributed by atoms with Crippen molar-refractivity contribution >= 4 is 0 Å². The number of hydrogen-bond acceptors (Lipinski definition) is 3. The minimum atomic E-state index is -0.358. The van der Waals surface area contributed by atoms with E-state index < -0.39 is 0 Å². The van der Waals surface area contributed by atoms with Crippen LogP contribution in [0.25, 0.3) is 11.1 Å². The van der Waals surface area contributed by atoms with Crippen LogP contribution in [0.15, 0.2) is 91.2 Å². The predicted molar refractivity (Wildman–Crippen MR) is 118 cm³/mol. The van der Waals surface area contributed by atoms with Crippen LogP contribution in [0.2, 0.25) is 0 Å². The van der Waals surface area contributed by atoms with E-state index >= 15 is 0 Å². The van der Waals surface area contributed by atoms with Gasteiger partial charge in [-0.2, -0.15) is 0 Å². The Morgan fingerprint density at radius 3 is 2.07 bits per heavy atom. The summed E-state index contributed by atoms with van der Waals surface area (Å²) in [6.07, 6.45) is 1.73. The molecule has 3 nitrogen and oxygen atoms in total. The molecule has 0 unspecified atom stereocenters. The summed E-state index contributed by atoms with van der Waals surface area (Å²) in [6, 6.07) is 28.2. The summed E-state index contributed by atoms with van der Waals surface area (Å²) in [4.78, 5) is 0. The third-order valence-electron chi connectivity index (χ3n) is 5.56. The van der Waals surface area contributed by atoms with Gasteiger partial charge in [0.15, 0.2) is 6.79 Å². The maximum Gasteiger partial charge on any atom is 0.188 e. The molecule has 4 rings (SSSR count). The largest absolute Gasteiger partial charge is 0.473 e. The topological polar surface area (TPSA) is 30.5 Å². The molecule has 0 spiro atoms. The highest BCUT2D eigenvalue weighted by atomic mass is 16.7. The van der Waals surface area contributed by atoms with E-state index in [1.54, 1.807) is 7.11 Å². The lowest BCUT2D eigenvalue weighted by molar-refractivity contribution is 0.00278. The van der Waals surface area contributed by atoms with Gasteiger partial charge in [-0.1, -0.05) is 85.4 Å². The molecule has 0 amide bonds. The zero-order valence-electron chi connectivity index (χ0n) is 16.9. The van der Waals surface area contributed by atoms with Crippen LogP contribution in [0.4, 0.5) is 0 Å². The van der Waals surface area contributed by atoms with Crippen LogP contribution >= 0.6 is 0 Å². The molecular formula is C26H27NO2. The van der Waals surface area contributed by atoms with Crippen molar-refractivity contribution in [3.8, 4) is 11.1 Å². The van der Waals surface area contributed by atoms with Gasteiger partial charge in [0.25, 0.3) is 0 Å². The fourth-order valence-corrected chi connectivity index (χ4v) is 4.30. The number of rotatable bonds is 9. The lowest BCUT2D eigenvalue weighted by atomic mass is 9.80. The zero-order chi connectivity index (χ0) is 20.1. The summed E-state index contributed by atoms with van der Waals surface area (Å²) in [5.74, 6) is 0.759. The molecule has 3 aromatic rings. The Bertz CT molecular complexity index is 935. The van der Waals surface area contributed by atoms with E-state index in [2.05, 4.69) is 90.8 Å². The average molecular weight is 386 g/mol. The van der Waals surface area contributed by atoms with Gasteiger partial charge in [0, 0.05) is 13.5 Å². The Kier molecular flexibility index (Phi) is 5.79. The van der Waals surface area contributed by atoms with Crippen molar-refractivity contribution in [3.05, 3.63) is 108 Å². The van der Waals surface area contributed by atoms with Crippen LogP contribution in [-0.4, -0.2) is 20.4 Å². The smallest absolute Gasteiger partial charge is 0.188 e. The van der Waals surface area contributed by atoms with E-state index in [0.29, 0.717) is 0 Å². The minimum Gasteiger partial charge on any atom is -0.473 e. The Labute approximate surface area is 173 Å². The van der Waals surface area contributed by atoms with Gasteiger partial charge in [-0.25, -0.2) is 0 Å². The third kappa shape index (κ3) is 3.59. The molecule has 0 radical (unpaired) electrons. The van der Waals surface area contributed by atoms with Crippen molar-refractivity contribution in [1.29, 1.82) is 0 Å². The molecule has 148 valence electrons. The van der Waals surface area contributed by atoms with E-state index in [1.165, 1.54) is 27.8 Å². The van der Waals surface area contributed by atoms with E-state index in [0.717, 1.165) is 25.1 Å². The fourth-order valence-electron chi connectivity index (χ4n) is 4.30. The third-order valence-corrected chi connectivity index (χ3v) is 5.56. The van der Waals surface area contributed by atoms with Crippen molar-refractivity contribution in [1.82, 2.24) is 5.32 Å². The molecule has 0 saturated carbocycles. The molecule has 3 heteroatoms. The normalized spacial score (nSPS) is 13.6. The number of allylic oxidation sites excluding steroid dienone is 1. The Hall–Kier alpha value is -2.88. The summed E-state index contributed by atoms with van der Waals surface area (Å²) in [6.45, 7) is 5.07. The van der Waals surface area contributed by atoms with Crippen LogP contribution in [-0.2, 0) is 15.0 Å². The Balaban J connectivity index is 1.68. The lowest BCUT2D eigenvalue weighted by Gasteiger charge is -2.34. The molecule has 1 aliphatic rings. The van der Waals surface area contributed by atoms with E-state index in [4.69, 9.17) is 9.47 Å². The molecule has 0 bridgehead atoms. The molecule has 3 aromatic carbocycles. The second kappa shape index (κ2) is 8.64. The molecular weight excluding hydrogens is 358 g/mol. The summed E-state index contributed by atoms with van der Waals surface area (Å²) >= 11 is 0. The van der Waals surface area contributed by atoms with Crippen LogP contribution in [0.3, 0.4) is 0 Å². The van der Waals surface area contributed by atoms with Gasteiger partial charge >= 0.3 is 0 Å². The minimum absolute atomic E-state index is 0.251. The molecule has 0 atom stereocenters. The molecule has 0 aliphatic heterocycles. The number of nitrogens with one attached hydrogen (secondary N) is 1. The number of hydrogen-bond donors (Lipinski definition) is 1. The zero-order valence-corrected chi connectivity index (χ0v) is 16.9. The summed E-state index contributed by atoms with van der Waals surface area (Å²) in [5, 5.41) is 3.91. The predicted octanol–water partition coefficient (Wildman–Crippen LogP) is 5.46. The Morgan fingerprint density at radius 1 is 0.862 bits per heavy atom. The first kappa shape index (κ1) is 19.4. The highest BCUT2D eigenvalue weighted by molar-refractivity contribution is 5.83. The summed E-state index contributed by atoms with van der Waals surface area (Å²) < 4.78 is 10.4. The maximum atomic E-state index is 5.44. The number of benzene rings is 3. The van der Waals surface area contributed by atoms with Gasteiger partial charge in [0.2, 0.25) is 0 Å². The van der Waals surface area contributed by atoms with Crippen LogP contribution in [0, 0.1) is 0 Å². The van der Waals surface area contributed by atoms with E-state index in [-0.39, 0.29) is 12.3 Å².